The van der Waals surface area contributed by atoms with Gasteiger partial charge in [0.1, 0.15) is 5.75 Å². The van der Waals surface area contributed by atoms with Crippen molar-refractivity contribution in [2.75, 3.05) is 0 Å². The van der Waals surface area contributed by atoms with Gasteiger partial charge in [0.15, 0.2) is 0 Å². The van der Waals surface area contributed by atoms with E-state index in [0.29, 0.717) is 5.56 Å². The van der Waals surface area contributed by atoms with Gasteiger partial charge in [0.05, 0.1) is 18.5 Å². The highest BCUT2D eigenvalue weighted by Gasteiger charge is 2.04. The monoisotopic (exact) mass is 201 g/mol. The molecule has 2 rings (SSSR count). The number of aromatic nitrogens is 1. The molecule has 0 unspecified atom stereocenters. The fourth-order valence-electron chi connectivity index (χ4n) is 1.38. The van der Waals surface area contributed by atoms with E-state index in [-0.39, 0.29) is 12.4 Å². The lowest BCUT2D eigenvalue weighted by atomic mass is 10.1. The maximum atomic E-state index is 9.36. The summed E-state index contributed by atoms with van der Waals surface area (Å²) in [7, 11) is 0. The van der Waals surface area contributed by atoms with Crippen molar-refractivity contribution in [3.63, 3.8) is 0 Å². The Morgan fingerprint density at radius 1 is 1.13 bits per heavy atom. The van der Waals surface area contributed by atoms with Gasteiger partial charge in [-0.2, -0.15) is 0 Å². The predicted octanol–water partition coefficient (Wildman–Crippen LogP) is 1.95. The van der Waals surface area contributed by atoms with Crippen molar-refractivity contribution in [1.29, 1.82) is 0 Å². The fraction of sp³-hybridized carbons (Fsp3) is 0.0833. The quantitative estimate of drug-likeness (QED) is 0.780. The molecule has 3 heteroatoms. The summed E-state index contributed by atoms with van der Waals surface area (Å²) in [5, 5.41) is 18.4. The van der Waals surface area contributed by atoms with Gasteiger partial charge in [-0.05, 0) is 6.07 Å². The van der Waals surface area contributed by atoms with Gasteiger partial charge in [-0.3, -0.25) is 4.98 Å². The molecule has 2 aromatic rings. The molecule has 0 spiro atoms. The van der Waals surface area contributed by atoms with Crippen molar-refractivity contribution < 1.29 is 10.2 Å². The number of nitrogens with zero attached hydrogens (tertiary/aromatic N) is 1. The Hall–Kier alpha value is -1.87. The third-order valence-corrected chi connectivity index (χ3v) is 2.21. The van der Waals surface area contributed by atoms with Gasteiger partial charge in [-0.25, -0.2) is 0 Å². The van der Waals surface area contributed by atoms with Crippen molar-refractivity contribution in [3.05, 3.63) is 48.2 Å². The molecular formula is C12H11NO2. The highest BCUT2D eigenvalue weighted by Crippen LogP contribution is 2.22. The number of aliphatic hydroxyl groups excluding tert-OH is 1. The number of pyridine rings is 1. The number of rotatable bonds is 2. The average molecular weight is 201 g/mol. The van der Waals surface area contributed by atoms with Gasteiger partial charge >= 0.3 is 0 Å². The van der Waals surface area contributed by atoms with Crippen LogP contribution in [0.25, 0.3) is 11.3 Å². The second-order valence-electron chi connectivity index (χ2n) is 3.22. The maximum absolute atomic E-state index is 9.36. The molecule has 1 heterocycles. The predicted molar refractivity (Wildman–Crippen MR) is 57.3 cm³/mol. The van der Waals surface area contributed by atoms with Crippen molar-refractivity contribution in [2.24, 2.45) is 0 Å². The summed E-state index contributed by atoms with van der Waals surface area (Å²) in [4.78, 5) is 4.10. The minimum Gasteiger partial charge on any atom is -0.506 e. The minimum absolute atomic E-state index is 0.0252. The number of hydrogen-bond acceptors (Lipinski definition) is 3. The Balaban J connectivity index is 2.46. The molecule has 0 bridgehead atoms. The number of hydrogen-bond donors (Lipinski definition) is 2. The van der Waals surface area contributed by atoms with Crippen molar-refractivity contribution >= 4 is 0 Å². The zero-order valence-electron chi connectivity index (χ0n) is 8.09. The average Bonchev–Trinajstić information content (AvgIpc) is 2.31. The summed E-state index contributed by atoms with van der Waals surface area (Å²) in [6.45, 7) is -0.186. The normalized spacial score (nSPS) is 10.2. The highest BCUT2D eigenvalue weighted by molar-refractivity contribution is 5.60. The smallest absolute Gasteiger partial charge is 0.139 e. The van der Waals surface area contributed by atoms with E-state index in [9.17, 15) is 5.11 Å². The first-order chi connectivity index (χ1) is 7.31. The molecule has 0 atom stereocenters. The number of aliphatic hydroxyl groups is 1. The van der Waals surface area contributed by atoms with Crippen molar-refractivity contribution in [3.8, 4) is 17.0 Å². The Morgan fingerprint density at radius 2 is 1.87 bits per heavy atom. The summed E-state index contributed by atoms with van der Waals surface area (Å²) in [6, 6.07) is 11.3. The molecule has 0 aliphatic rings. The lowest BCUT2D eigenvalue weighted by Crippen LogP contribution is -1.89. The van der Waals surface area contributed by atoms with Gasteiger partial charge in [0, 0.05) is 11.1 Å². The highest BCUT2D eigenvalue weighted by atomic mass is 16.3. The molecule has 0 fully saturated rings. The zero-order chi connectivity index (χ0) is 10.7. The van der Waals surface area contributed by atoms with Gasteiger partial charge in [0.25, 0.3) is 0 Å². The summed E-state index contributed by atoms with van der Waals surface area (Å²) in [5.74, 6) is 0.0252. The van der Waals surface area contributed by atoms with Crippen LogP contribution < -0.4 is 0 Å². The minimum atomic E-state index is -0.186. The first-order valence-corrected chi connectivity index (χ1v) is 4.65. The zero-order valence-corrected chi connectivity index (χ0v) is 8.09. The molecule has 76 valence electrons. The lowest BCUT2D eigenvalue weighted by Gasteiger charge is -2.04. The Morgan fingerprint density at radius 3 is 2.53 bits per heavy atom. The molecule has 0 aliphatic carbocycles. The Bertz CT molecular complexity index is 454. The molecule has 1 aromatic carbocycles. The molecular weight excluding hydrogens is 190 g/mol. The topological polar surface area (TPSA) is 53.4 Å². The molecule has 15 heavy (non-hydrogen) atoms. The van der Waals surface area contributed by atoms with Crippen LogP contribution in [0.5, 0.6) is 5.75 Å². The number of benzene rings is 1. The van der Waals surface area contributed by atoms with Crippen LogP contribution in [0.2, 0.25) is 0 Å². The van der Waals surface area contributed by atoms with Crippen molar-refractivity contribution in [1.82, 2.24) is 4.98 Å². The first-order valence-electron chi connectivity index (χ1n) is 4.65. The third-order valence-electron chi connectivity index (χ3n) is 2.21. The van der Waals surface area contributed by atoms with Gasteiger partial charge in [-0.1, -0.05) is 30.3 Å². The maximum Gasteiger partial charge on any atom is 0.139 e. The largest absolute Gasteiger partial charge is 0.506 e. The van der Waals surface area contributed by atoms with E-state index >= 15 is 0 Å². The second-order valence-corrected chi connectivity index (χ2v) is 3.22. The SMILES string of the molecule is OCc1cc(-c2ccccc2)ncc1O. The van der Waals surface area contributed by atoms with Crippen LogP contribution in [0.1, 0.15) is 5.56 Å². The van der Waals surface area contributed by atoms with E-state index in [4.69, 9.17) is 5.11 Å². The standard InChI is InChI=1S/C12H11NO2/c14-8-10-6-11(13-7-12(10)15)9-4-2-1-3-5-9/h1-7,14-15H,8H2. The first kappa shape index (κ1) is 9.68. The summed E-state index contributed by atoms with van der Waals surface area (Å²) in [5.41, 5.74) is 2.20. The van der Waals surface area contributed by atoms with E-state index in [1.165, 1.54) is 6.20 Å². The van der Waals surface area contributed by atoms with Gasteiger partial charge in [-0.15, -0.1) is 0 Å². The van der Waals surface area contributed by atoms with Crippen molar-refractivity contribution in [2.45, 2.75) is 6.61 Å². The van der Waals surface area contributed by atoms with Crippen LogP contribution in [0.4, 0.5) is 0 Å². The number of aromatic hydroxyl groups is 1. The fourth-order valence-corrected chi connectivity index (χ4v) is 1.38. The summed E-state index contributed by atoms with van der Waals surface area (Å²) in [6.07, 6.45) is 1.36. The molecule has 2 N–H and O–H groups in total. The lowest BCUT2D eigenvalue weighted by molar-refractivity contribution is 0.275. The van der Waals surface area contributed by atoms with E-state index in [1.54, 1.807) is 6.07 Å². The van der Waals surface area contributed by atoms with E-state index < -0.39 is 0 Å². The molecule has 0 saturated heterocycles. The van der Waals surface area contributed by atoms with Crippen LogP contribution in [-0.4, -0.2) is 15.2 Å². The molecule has 0 saturated carbocycles. The van der Waals surface area contributed by atoms with Gasteiger partial charge in [0.2, 0.25) is 0 Å². The Labute approximate surface area is 87.7 Å². The molecule has 0 amide bonds. The van der Waals surface area contributed by atoms with Crippen LogP contribution in [0, 0.1) is 0 Å². The summed E-state index contributed by atoms with van der Waals surface area (Å²) < 4.78 is 0. The van der Waals surface area contributed by atoms with Crippen LogP contribution in [-0.2, 0) is 6.61 Å². The molecule has 1 aromatic heterocycles. The second kappa shape index (κ2) is 4.11. The van der Waals surface area contributed by atoms with E-state index in [2.05, 4.69) is 4.98 Å². The summed E-state index contributed by atoms with van der Waals surface area (Å²) >= 11 is 0. The molecule has 0 radical (unpaired) electrons. The molecule has 3 nitrogen and oxygen atoms in total. The Kier molecular flexibility index (Phi) is 2.65. The van der Waals surface area contributed by atoms with Crippen LogP contribution >= 0.6 is 0 Å². The third kappa shape index (κ3) is 1.97. The van der Waals surface area contributed by atoms with Crippen LogP contribution in [0.3, 0.4) is 0 Å². The van der Waals surface area contributed by atoms with E-state index in [1.807, 2.05) is 30.3 Å². The molecule has 0 aliphatic heterocycles. The van der Waals surface area contributed by atoms with E-state index in [0.717, 1.165) is 11.3 Å². The van der Waals surface area contributed by atoms with Crippen LogP contribution in [0.15, 0.2) is 42.6 Å². The van der Waals surface area contributed by atoms with Gasteiger partial charge < -0.3 is 10.2 Å².